The van der Waals surface area contributed by atoms with Gasteiger partial charge in [0.2, 0.25) is 11.6 Å². The van der Waals surface area contributed by atoms with Gasteiger partial charge in [0.15, 0.2) is 11.4 Å². The minimum absolute atomic E-state index is 0.0202. The number of piperazine rings is 1. The molecule has 2 aliphatic rings. The molecule has 1 N–H and O–H groups in total. The molecule has 1 atom stereocenters. The summed E-state index contributed by atoms with van der Waals surface area (Å²) in [6.07, 6.45) is 2.58. The molecule has 1 aromatic carbocycles. The van der Waals surface area contributed by atoms with Gasteiger partial charge in [-0.15, -0.1) is 0 Å². The van der Waals surface area contributed by atoms with E-state index in [0.29, 0.717) is 13.1 Å². The first-order chi connectivity index (χ1) is 20.5. The zero-order valence-electron chi connectivity index (χ0n) is 23.5. The molecule has 0 bridgehead atoms. The second-order valence-corrected chi connectivity index (χ2v) is 11.6. The number of nitrogens with zero attached hydrogens (tertiary/aromatic N) is 8. The molecule has 14 heteroatoms. The maximum atomic E-state index is 15.2. The van der Waals surface area contributed by atoms with Crippen LogP contribution in [0.4, 0.5) is 15.9 Å². The third kappa shape index (κ3) is 4.37. The molecule has 1 fully saturated rings. The van der Waals surface area contributed by atoms with E-state index in [-0.39, 0.29) is 69.4 Å². The molecule has 12 nitrogen and oxygen atoms in total. The van der Waals surface area contributed by atoms with Crippen LogP contribution < -0.4 is 15.3 Å². The standard InChI is InChI=1S/C29H26ClFN8O4/c1-6-19(41)36-10-11-37-15(13-36)14-43-24-21-25(37)35-28(42)38(27-17(32-5)12-33-39(27)29(2,3)4)26(21)34-23(22(24)30)20-16(31)8-7-9-18(20)40/h6-9,12,15,40H,1,10-11,13-14H2,2-4H3/t15-/m1/s1. The third-order valence-electron chi connectivity index (χ3n) is 7.49. The van der Waals surface area contributed by atoms with Crippen LogP contribution in [0.2, 0.25) is 5.02 Å². The number of aromatic hydroxyl groups is 1. The van der Waals surface area contributed by atoms with Crippen LogP contribution in [0.3, 0.4) is 0 Å². The number of phenolic OH excluding ortho intramolecular Hbond substituents is 1. The van der Waals surface area contributed by atoms with Gasteiger partial charge >= 0.3 is 5.69 Å². The van der Waals surface area contributed by atoms with Crippen LogP contribution >= 0.6 is 11.6 Å². The molecule has 220 valence electrons. The summed E-state index contributed by atoms with van der Waals surface area (Å²) in [4.78, 5) is 42.7. The van der Waals surface area contributed by atoms with E-state index >= 15 is 4.39 Å². The maximum absolute atomic E-state index is 15.2. The predicted octanol–water partition coefficient (Wildman–Crippen LogP) is 4.04. The molecule has 3 aromatic heterocycles. The number of phenols is 1. The number of fused-ring (bicyclic) bond motifs is 2. The van der Waals surface area contributed by atoms with Crippen molar-refractivity contribution in [1.29, 1.82) is 0 Å². The zero-order valence-corrected chi connectivity index (χ0v) is 24.3. The number of carbonyl (C=O) groups is 1. The predicted molar refractivity (Wildman–Crippen MR) is 158 cm³/mol. The van der Waals surface area contributed by atoms with Crippen LogP contribution in [0, 0.1) is 12.4 Å². The number of amides is 1. The van der Waals surface area contributed by atoms with Crippen LogP contribution in [0.25, 0.3) is 33.0 Å². The number of hydrogen-bond acceptors (Lipinski definition) is 8. The second kappa shape index (κ2) is 10.1. The lowest BCUT2D eigenvalue weighted by atomic mass is 10.1. The third-order valence-corrected chi connectivity index (χ3v) is 7.84. The van der Waals surface area contributed by atoms with Gasteiger partial charge in [-0.2, -0.15) is 10.1 Å². The molecule has 0 aliphatic carbocycles. The van der Waals surface area contributed by atoms with Crippen molar-refractivity contribution in [2.45, 2.75) is 32.4 Å². The average molecular weight is 605 g/mol. The highest BCUT2D eigenvalue weighted by Gasteiger charge is 2.38. The Morgan fingerprint density at radius 1 is 1.30 bits per heavy atom. The van der Waals surface area contributed by atoms with Crippen LogP contribution in [0.15, 0.2) is 41.8 Å². The van der Waals surface area contributed by atoms with E-state index in [1.807, 2.05) is 25.7 Å². The first-order valence-corrected chi connectivity index (χ1v) is 13.7. The molecule has 0 saturated carbocycles. The van der Waals surface area contributed by atoms with E-state index in [0.717, 1.165) is 10.6 Å². The summed E-state index contributed by atoms with van der Waals surface area (Å²) in [5.74, 6) is -1.05. The molecule has 6 rings (SSSR count). The highest BCUT2D eigenvalue weighted by Crippen LogP contribution is 2.47. The fraction of sp³-hybridized carbons (Fsp3) is 0.310. The SMILES string of the molecule is [C-]#[N+]c1cnn(C(C)(C)C)c1-n1c(=O)nc2c3c(c(Cl)c(-c4c(O)cccc4F)nc31)OC[C@H]1CN(C(=O)C=C)CCN21. The fourth-order valence-corrected chi connectivity index (χ4v) is 5.81. The molecule has 4 aromatic rings. The summed E-state index contributed by atoms with van der Waals surface area (Å²) in [7, 11) is 0. The van der Waals surface area contributed by atoms with Gasteiger partial charge in [-0.05, 0) is 39.0 Å². The van der Waals surface area contributed by atoms with Crippen molar-refractivity contribution < 1.29 is 19.0 Å². The van der Waals surface area contributed by atoms with E-state index in [9.17, 15) is 14.7 Å². The Kier molecular flexibility index (Phi) is 6.61. The van der Waals surface area contributed by atoms with Crippen molar-refractivity contribution in [2.24, 2.45) is 0 Å². The topological polar surface area (TPSA) is 123 Å². The van der Waals surface area contributed by atoms with Crippen molar-refractivity contribution >= 4 is 40.0 Å². The summed E-state index contributed by atoms with van der Waals surface area (Å²) in [6.45, 7) is 17.9. The van der Waals surface area contributed by atoms with Crippen molar-refractivity contribution in [3.05, 3.63) is 69.8 Å². The Balaban J connectivity index is 1.73. The van der Waals surface area contributed by atoms with Gasteiger partial charge in [-0.3, -0.25) is 9.48 Å². The monoisotopic (exact) mass is 604 g/mol. The molecule has 2 aliphatic heterocycles. The summed E-state index contributed by atoms with van der Waals surface area (Å²) in [5, 5.41) is 15.2. The van der Waals surface area contributed by atoms with Gasteiger partial charge in [0.25, 0.3) is 0 Å². The lowest BCUT2D eigenvalue weighted by Gasteiger charge is -2.40. The number of ether oxygens (including phenoxy) is 1. The van der Waals surface area contributed by atoms with Crippen LogP contribution in [0.1, 0.15) is 20.8 Å². The molecule has 1 amide bonds. The summed E-state index contributed by atoms with van der Waals surface area (Å²) in [6, 6.07) is 3.36. The number of aromatic nitrogens is 5. The maximum Gasteiger partial charge on any atom is 0.356 e. The Labute approximate surface area is 250 Å². The molecule has 0 unspecified atom stereocenters. The van der Waals surface area contributed by atoms with E-state index < -0.39 is 28.8 Å². The summed E-state index contributed by atoms with van der Waals surface area (Å²) < 4.78 is 24.2. The molecule has 1 saturated heterocycles. The summed E-state index contributed by atoms with van der Waals surface area (Å²) in [5.41, 5.74) is -1.85. The zero-order chi connectivity index (χ0) is 30.8. The normalized spacial score (nSPS) is 16.3. The van der Waals surface area contributed by atoms with Crippen LogP contribution in [-0.4, -0.2) is 72.5 Å². The molecule has 0 radical (unpaired) electrons. The number of hydrogen-bond donors (Lipinski definition) is 1. The number of benzene rings is 1. The number of anilines is 1. The molecule has 43 heavy (non-hydrogen) atoms. The van der Waals surface area contributed by atoms with E-state index in [1.54, 1.807) is 4.90 Å². The minimum Gasteiger partial charge on any atom is -0.507 e. The van der Waals surface area contributed by atoms with E-state index in [2.05, 4.69) is 26.5 Å². The van der Waals surface area contributed by atoms with Crippen molar-refractivity contribution in [3.63, 3.8) is 0 Å². The van der Waals surface area contributed by atoms with Gasteiger partial charge in [0, 0.05) is 19.6 Å². The van der Waals surface area contributed by atoms with Crippen LogP contribution in [0.5, 0.6) is 11.5 Å². The highest BCUT2D eigenvalue weighted by molar-refractivity contribution is 6.36. The Morgan fingerprint density at radius 2 is 2.07 bits per heavy atom. The number of carbonyl (C=O) groups excluding carboxylic acids is 1. The first kappa shape index (κ1) is 28.2. The Hall–Kier alpha value is -4.96. The summed E-state index contributed by atoms with van der Waals surface area (Å²) >= 11 is 6.88. The van der Waals surface area contributed by atoms with Crippen molar-refractivity contribution in [3.8, 4) is 28.6 Å². The Bertz CT molecular complexity index is 1920. The van der Waals surface area contributed by atoms with Gasteiger partial charge in [-0.1, -0.05) is 24.2 Å². The van der Waals surface area contributed by atoms with Crippen LogP contribution in [-0.2, 0) is 10.3 Å². The van der Waals surface area contributed by atoms with Gasteiger partial charge in [0.1, 0.15) is 45.9 Å². The smallest absolute Gasteiger partial charge is 0.356 e. The number of rotatable bonds is 3. The Morgan fingerprint density at radius 3 is 2.74 bits per heavy atom. The largest absolute Gasteiger partial charge is 0.507 e. The van der Waals surface area contributed by atoms with Gasteiger partial charge in [-0.25, -0.2) is 23.6 Å². The molecular formula is C29H26ClFN8O4. The molecular weight excluding hydrogens is 579 g/mol. The highest BCUT2D eigenvalue weighted by atomic mass is 35.5. The minimum atomic E-state index is -0.796. The molecule has 5 heterocycles. The average Bonchev–Trinajstić information content (AvgIpc) is 3.33. The second-order valence-electron chi connectivity index (χ2n) is 11.2. The lowest BCUT2D eigenvalue weighted by Crippen LogP contribution is -2.56. The fourth-order valence-electron chi connectivity index (χ4n) is 5.53. The first-order valence-electron chi connectivity index (χ1n) is 13.4. The number of halogens is 2. The van der Waals surface area contributed by atoms with Crippen molar-refractivity contribution in [1.82, 2.24) is 29.2 Å². The van der Waals surface area contributed by atoms with E-state index in [1.165, 1.54) is 29.1 Å². The van der Waals surface area contributed by atoms with E-state index in [4.69, 9.17) is 22.9 Å². The quantitative estimate of drug-likeness (QED) is 0.275. The lowest BCUT2D eigenvalue weighted by molar-refractivity contribution is -0.126. The van der Waals surface area contributed by atoms with Gasteiger partial charge in [0.05, 0.1) is 29.9 Å². The molecule has 0 spiro atoms. The van der Waals surface area contributed by atoms with Gasteiger partial charge < -0.3 is 19.6 Å². The number of pyridine rings is 1. The van der Waals surface area contributed by atoms with Crippen molar-refractivity contribution in [2.75, 3.05) is 31.1 Å².